The van der Waals surface area contributed by atoms with Gasteiger partial charge in [0.2, 0.25) is 5.91 Å². The Morgan fingerprint density at radius 3 is 1.98 bits per heavy atom. The smallest absolute Gasteiger partial charge is 0.326 e. The van der Waals surface area contributed by atoms with Gasteiger partial charge in [-0.05, 0) is 55.0 Å². The summed E-state index contributed by atoms with van der Waals surface area (Å²) < 4.78 is 5.30. The molecule has 2 fully saturated rings. The molecular weight excluding hydrogens is 661 g/mol. The lowest BCUT2D eigenvalue weighted by Gasteiger charge is -2.52. The van der Waals surface area contributed by atoms with Gasteiger partial charge in [0.1, 0.15) is 0 Å². The molecule has 10 heteroatoms. The molecule has 0 spiro atoms. The normalized spacial score (nSPS) is 21.6. The summed E-state index contributed by atoms with van der Waals surface area (Å²) in [5.41, 5.74) is 7.57. The molecule has 3 aromatic rings. The Kier molecular flexibility index (Phi) is 13.1. The lowest BCUT2D eigenvalue weighted by molar-refractivity contribution is -0.898. The fraction of sp³-hybridized carbons (Fsp3) is 0.462. The van der Waals surface area contributed by atoms with Crippen molar-refractivity contribution in [2.75, 3.05) is 32.8 Å². The van der Waals surface area contributed by atoms with E-state index in [-0.39, 0.29) is 59.2 Å². The average Bonchev–Trinajstić information content (AvgIpc) is 3.10. The molecule has 2 heterocycles. The molecule has 1 unspecified atom stereocenters. The van der Waals surface area contributed by atoms with Crippen molar-refractivity contribution in [3.8, 4) is 0 Å². The van der Waals surface area contributed by atoms with Crippen LogP contribution in [0.5, 0.6) is 0 Å². The molecule has 0 aliphatic carbocycles. The molecule has 0 aromatic heterocycles. The third-order valence-electron chi connectivity index (χ3n) is 11.0. The van der Waals surface area contributed by atoms with Crippen LogP contribution in [0.2, 0.25) is 5.02 Å². The molecule has 264 valence electrons. The van der Waals surface area contributed by atoms with Crippen LogP contribution in [0.25, 0.3) is 0 Å². The zero-order valence-electron chi connectivity index (χ0n) is 28.6. The second-order valence-electron chi connectivity index (χ2n) is 13.7. The molecule has 0 radical (unpaired) electrons. The Morgan fingerprint density at radius 2 is 1.49 bits per heavy atom. The summed E-state index contributed by atoms with van der Waals surface area (Å²) in [4.78, 5) is 41.9. The van der Waals surface area contributed by atoms with Gasteiger partial charge in [0, 0.05) is 48.7 Å². The van der Waals surface area contributed by atoms with E-state index in [0.29, 0.717) is 63.3 Å². The summed E-state index contributed by atoms with van der Waals surface area (Å²) in [6, 6.07) is 28.3. The first kappa shape index (κ1) is 38.5. The number of aliphatic hydroxyl groups is 1. The van der Waals surface area contributed by atoms with Crippen molar-refractivity contribution in [1.82, 2.24) is 4.90 Å². The SMILES string of the molecule is CCOC(=O)CC(=O)[N+]1(C(CCC(C)(c2ccccc2)c2ccccc2)N2CCC(O)(c3ccc(Cl)cc3)CC2)CCC(C(N)=O)CC1.Cl. The van der Waals surface area contributed by atoms with E-state index >= 15 is 0 Å². The first-order valence-corrected chi connectivity index (χ1v) is 17.6. The zero-order chi connectivity index (χ0) is 34.4. The fourth-order valence-corrected chi connectivity index (χ4v) is 8.11. The number of hydrogen-bond donors (Lipinski definition) is 2. The highest BCUT2D eigenvalue weighted by Gasteiger charge is 2.52. The fourth-order valence-electron chi connectivity index (χ4n) is 7.99. The van der Waals surface area contributed by atoms with Gasteiger partial charge < -0.3 is 15.6 Å². The van der Waals surface area contributed by atoms with Crippen LogP contribution in [0.3, 0.4) is 0 Å². The van der Waals surface area contributed by atoms with Gasteiger partial charge in [-0.3, -0.25) is 14.5 Å². The second-order valence-corrected chi connectivity index (χ2v) is 14.1. The highest BCUT2D eigenvalue weighted by molar-refractivity contribution is 6.30. The number of likely N-dealkylation sites (tertiary alicyclic amines) is 2. The van der Waals surface area contributed by atoms with Gasteiger partial charge in [0.05, 0.1) is 25.3 Å². The Morgan fingerprint density at radius 1 is 0.959 bits per heavy atom. The summed E-state index contributed by atoms with van der Waals surface area (Å²) in [5.74, 6) is -1.40. The number of esters is 1. The molecule has 2 aliphatic rings. The average molecular weight is 712 g/mol. The molecule has 8 nitrogen and oxygen atoms in total. The number of rotatable bonds is 12. The number of nitrogens with two attached hydrogens (primary N) is 1. The highest BCUT2D eigenvalue weighted by atomic mass is 35.5. The van der Waals surface area contributed by atoms with E-state index < -0.39 is 11.6 Å². The number of carbonyl (C=O) groups excluding carboxylic acids is 3. The number of piperidine rings is 2. The topological polar surface area (TPSA) is 110 Å². The summed E-state index contributed by atoms with van der Waals surface area (Å²) in [5, 5.41) is 12.4. The highest BCUT2D eigenvalue weighted by Crippen LogP contribution is 2.42. The minimum absolute atomic E-state index is 0. The maximum Gasteiger partial charge on any atom is 0.326 e. The van der Waals surface area contributed by atoms with Crippen LogP contribution in [-0.4, -0.2) is 71.2 Å². The van der Waals surface area contributed by atoms with Crippen molar-refractivity contribution in [2.45, 2.75) is 76.0 Å². The Balaban J connectivity index is 0.00000541. The summed E-state index contributed by atoms with van der Waals surface area (Å²) >= 11 is 6.15. The van der Waals surface area contributed by atoms with Gasteiger partial charge in [-0.25, -0.2) is 9.28 Å². The number of halogens is 2. The predicted octanol–water partition coefficient (Wildman–Crippen LogP) is 6.35. The minimum Gasteiger partial charge on any atom is -0.465 e. The van der Waals surface area contributed by atoms with E-state index in [0.717, 1.165) is 12.0 Å². The van der Waals surface area contributed by atoms with Crippen LogP contribution in [0.15, 0.2) is 84.9 Å². The summed E-state index contributed by atoms with van der Waals surface area (Å²) in [6.07, 6.45) is 2.66. The van der Waals surface area contributed by atoms with Gasteiger partial charge in [-0.15, -0.1) is 12.4 Å². The molecular formula is C39H50Cl2N3O5+. The van der Waals surface area contributed by atoms with Crippen LogP contribution >= 0.6 is 24.0 Å². The second kappa shape index (κ2) is 16.6. The number of carbonyl (C=O) groups is 3. The van der Waals surface area contributed by atoms with Gasteiger partial charge in [-0.2, -0.15) is 0 Å². The molecule has 0 saturated carbocycles. The van der Waals surface area contributed by atoms with E-state index in [2.05, 4.69) is 60.4 Å². The largest absolute Gasteiger partial charge is 0.465 e. The molecule has 3 N–H and O–H groups in total. The molecule has 3 aromatic carbocycles. The van der Waals surface area contributed by atoms with Crippen LogP contribution in [0.4, 0.5) is 0 Å². The number of hydrogen-bond acceptors (Lipinski definition) is 6. The molecule has 1 atom stereocenters. The number of nitrogens with zero attached hydrogens (tertiary/aromatic N) is 2. The van der Waals surface area contributed by atoms with Gasteiger partial charge in [0.15, 0.2) is 12.6 Å². The molecule has 0 bridgehead atoms. The van der Waals surface area contributed by atoms with E-state index in [1.54, 1.807) is 19.1 Å². The summed E-state index contributed by atoms with van der Waals surface area (Å²) in [6.45, 7) is 6.11. The Bertz CT molecular complexity index is 1500. The number of primary amides is 1. The third kappa shape index (κ3) is 8.55. The Labute approximate surface area is 301 Å². The van der Waals surface area contributed by atoms with Crippen molar-refractivity contribution in [2.24, 2.45) is 11.7 Å². The monoisotopic (exact) mass is 710 g/mol. The first-order chi connectivity index (χ1) is 23.0. The first-order valence-electron chi connectivity index (χ1n) is 17.2. The standard InChI is InChI=1S/C39H48ClN3O5.ClH/c1-3-48-36(45)28-35(44)43(26-19-29(20-27-43)37(41)46)34(42-24-22-39(47,23-25-42)32-14-16-33(40)17-15-32)18-21-38(2,30-10-6-4-7-11-30)31-12-8-5-9-13-31;/h4-17,29,34,47H,3,18-28H2,1-2H3,(H-,41,46);1H/p+1. The van der Waals surface area contributed by atoms with Gasteiger partial charge in [0.25, 0.3) is 0 Å². The lowest BCUT2D eigenvalue weighted by Crippen LogP contribution is -2.69. The third-order valence-corrected chi connectivity index (χ3v) is 11.2. The Hall–Kier alpha value is -3.27. The van der Waals surface area contributed by atoms with E-state index in [4.69, 9.17) is 22.1 Å². The number of quaternary nitrogens is 1. The molecule has 2 saturated heterocycles. The molecule has 2 amide bonds. The molecule has 2 aliphatic heterocycles. The van der Waals surface area contributed by atoms with Crippen LogP contribution < -0.4 is 5.73 Å². The quantitative estimate of drug-likeness (QED) is 0.129. The van der Waals surface area contributed by atoms with E-state index in [1.807, 2.05) is 24.3 Å². The van der Waals surface area contributed by atoms with Crippen molar-refractivity contribution in [3.05, 3.63) is 107 Å². The van der Waals surface area contributed by atoms with Crippen LogP contribution in [0.1, 0.15) is 75.5 Å². The van der Waals surface area contributed by atoms with Crippen molar-refractivity contribution in [3.63, 3.8) is 0 Å². The van der Waals surface area contributed by atoms with Gasteiger partial charge >= 0.3 is 11.9 Å². The van der Waals surface area contributed by atoms with Crippen LogP contribution in [0, 0.1) is 5.92 Å². The molecule has 5 rings (SSSR count). The maximum absolute atomic E-state index is 14.5. The van der Waals surface area contributed by atoms with Crippen molar-refractivity contribution < 1.29 is 28.7 Å². The minimum atomic E-state index is -1.02. The van der Waals surface area contributed by atoms with E-state index in [9.17, 15) is 19.5 Å². The van der Waals surface area contributed by atoms with Crippen molar-refractivity contribution in [1.29, 1.82) is 0 Å². The predicted molar refractivity (Wildman–Crippen MR) is 194 cm³/mol. The maximum atomic E-state index is 14.5. The zero-order valence-corrected chi connectivity index (χ0v) is 30.1. The lowest BCUT2D eigenvalue weighted by atomic mass is 9.72. The summed E-state index contributed by atoms with van der Waals surface area (Å²) in [7, 11) is 0. The van der Waals surface area contributed by atoms with Crippen LogP contribution in [-0.2, 0) is 30.1 Å². The molecule has 49 heavy (non-hydrogen) atoms. The number of benzene rings is 3. The van der Waals surface area contributed by atoms with E-state index in [1.165, 1.54) is 11.1 Å². The van der Waals surface area contributed by atoms with Gasteiger partial charge in [-0.1, -0.05) is 91.3 Å². The number of amides is 2. The number of ether oxygens (including phenoxy) is 1. The van der Waals surface area contributed by atoms with Crippen molar-refractivity contribution >= 4 is 41.8 Å².